The fourth-order valence-electron chi connectivity index (χ4n) is 1.92. The Kier molecular flexibility index (Phi) is 4.39. The van der Waals surface area contributed by atoms with E-state index in [0.29, 0.717) is 10.9 Å². The minimum Gasteiger partial charge on any atom is -0.384 e. The average molecular weight is 265 g/mol. The molecule has 1 unspecified atom stereocenters. The summed E-state index contributed by atoms with van der Waals surface area (Å²) < 4.78 is 5.13. The zero-order valence-corrected chi connectivity index (χ0v) is 11.4. The number of nitrogens with zero attached hydrogens (tertiary/aromatic N) is 1. The van der Waals surface area contributed by atoms with Gasteiger partial charge in [0.05, 0.1) is 17.1 Å². The second-order valence-corrected chi connectivity index (χ2v) is 4.84. The van der Waals surface area contributed by atoms with Crippen LogP contribution in [0.4, 0.5) is 5.69 Å². The number of anilines is 1. The monoisotopic (exact) mass is 264 g/mol. The van der Waals surface area contributed by atoms with Gasteiger partial charge in [0.15, 0.2) is 0 Å². The van der Waals surface area contributed by atoms with Gasteiger partial charge in [-0.1, -0.05) is 18.5 Å². The van der Waals surface area contributed by atoms with Crippen molar-refractivity contribution in [2.45, 2.75) is 6.92 Å². The summed E-state index contributed by atoms with van der Waals surface area (Å²) >= 11 is 6.13. The Hall–Kier alpha value is -1.32. The first-order valence-corrected chi connectivity index (χ1v) is 6.36. The minimum atomic E-state index is 0.456. The number of pyridine rings is 1. The normalized spacial score (nSPS) is 12.6. The lowest BCUT2D eigenvalue weighted by Gasteiger charge is -2.14. The van der Waals surface area contributed by atoms with Gasteiger partial charge in [0, 0.05) is 30.9 Å². The second-order valence-electron chi connectivity index (χ2n) is 4.44. The summed E-state index contributed by atoms with van der Waals surface area (Å²) in [6.45, 7) is 3.75. The number of hydrogen-bond acceptors (Lipinski definition) is 3. The molecule has 0 bridgehead atoms. The molecular weight excluding hydrogens is 248 g/mol. The van der Waals surface area contributed by atoms with Crippen LogP contribution in [0.3, 0.4) is 0 Å². The third-order valence-electron chi connectivity index (χ3n) is 2.81. The first kappa shape index (κ1) is 13.1. The molecule has 1 aromatic carbocycles. The molecule has 2 rings (SSSR count). The molecule has 0 radical (unpaired) electrons. The van der Waals surface area contributed by atoms with Crippen LogP contribution in [0.15, 0.2) is 30.5 Å². The van der Waals surface area contributed by atoms with Gasteiger partial charge < -0.3 is 10.1 Å². The van der Waals surface area contributed by atoms with E-state index in [1.54, 1.807) is 13.3 Å². The zero-order valence-electron chi connectivity index (χ0n) is 10.6. The Bertz CT molecular complexity index is 530. The highest BCUT2D eigenvalue weighted by Crippen LogP contribution is 2.28. The fraction of sp³-hybridized carbons (Fsp3) is 0.357. The van der Waals surface area contributed by atoms with Gasteiger partial charge in [0.1, 0.15) is 0 Å². The van der Waals surface area contributed by atoms with E-state index in [2.05, 4.69) is 17.2 Å². The number of halogens is 1. The van der Waals surface area contributed by atoms with Gasteiger partial charge in [-0.05, 0) is 30.2 Å². The SMILES string of the molecule is COCC(C)CNc1ccc(Cl)c2ncccc12. The Morgan fingerprint density at radius 2 is 2.22 bits per heavy atom. The predicted octanol–water partition coefficient (Wildman–Crippen LogP) is 3.58. The van der Waals surface area contributed by atoms with Crippen LogP contribution in [-0.2, 0) is 4.74 Å². The van der Waals surface area contributed by atoms with Gasteiger partial charge in [0.25, 0.3) is 0 Å². The molecule has 0 aliphatic rings. The molecule has 1 aromatic heterocycles. The van der Waals surface area contributed by atoms with Crippen LogP contribution in [0.2, 0.25) is 5.02 Å². The van der Waals surface area contributed by atoms with Gasteiger partial charge in [-0.2, -0.15) is 0 Å². The van der Waals surface area contributed by atoms with E-state index in [0.717, 1.165) is 29.7 Å². The standard InChI is InChI=1S/C14H17ClN2O/c1-10(9-18-2)8-17-13-6-5-12(15)14-11(13)4-3-7-16-14/h3-7,10,17H,8-9H2,1-2H3. The molecule has 2 aromatic rings. The maximum atomic E-state index is 6.13. The Balaban J connectivity index is 2.21. The molecule has 0 saturated carbocycles. The molecule has 0 aliphatic carbocycles. The maximum Gasteiger partial charge on any atom is 0.0908 e. The summed E-state index contributed by atoms with van der Waals surface area (Å²) in [5.41, 5.74) is 1.90. The Morgan fingerprint density at radius 3 is 3.00 bits per heavy atom. The maximum absolute atomic E-state index is 6.13. The van der Waals surface area contributed by atoms with Crippen LogP contribution < -0.4 is 5.32 Å². The summed E-state index contributed by atoms with van der Waals surface area (Å²) in [4.78, 5) is 4.31. The van der Waals surface area contributed by atoms with Crippen molar-refractivity contribution >= 4 is 28.2 Å². The zero-order chi connectivity index (χ0) is 13.0. The van der Waals surface area contributed by atoms with Crippen molar-refractivity contribution in [2.24, 2.45) is 5.92 Å². The molecule has 1 atom stereocenters. The third kappa shape index (κ3) is 2.92. The van der Waals surface area contributed by atoms with Crippen molar-refractivity contribution < 1.29 is 4.74 Å². The van der Waals surface area contributed by atoms with E-state index >= 15 is 0 Å². The van der Waals surface area contributed by atoms with Crippen LogP contribution in [-0.4, -0.2) is 25.2 Å². The molecule has 3 nitrogen and oxygen atoms in total. The molecule has 0 spiro atoms. The largest absolute Gasteiger partial charge is 0.384 e. The van der Waals surface area contributed by atoms with E-state index in [4.69, 9.17) is 16.3 Å². The van der Waals surface area contributed by atoms with Gasteiger partial charge in [-0.3, -0.25) is 4.98 Å². The van der Waals surface area contributed by atoms with Crippen molar-refractivity contribution in [3.05, 3.63) is 35.5 Å². The summed E-state index contributed by atoms with van der Waals surface area (Å²) in [5, 5.41) is 5.15. The third-order valence-corrected chi connectivity index (χ3v) is 3.12. The molecule has 0 aliphatic heterocycles. The minimum absolute atomic E-state index is 0.456. The van der Waals surface area contributed by atoms with Crippen molar-refractivity contribution in [1.82, 2.24) is 4.98 Å². The van der Waals surface area contributed by atoms with Crippen LogP contribution in [0.5, 0.6) is 0 Å². The smallest absolute Gasteiger partial charge is 0.0908 e. The van der Waals surface area contributed by atoms with Crippen molar-refractivity contribution in [3.63, 3.8) is 0 Å². The van der Waals surface area contributed by atoms with Crippen molar-refractivity contribution in [3.8, 4) is 0 Å². The fourth-order valence-corrected chi connectivity index (χ4v) is 2.13. The topological polar surface area (TPSA) is 34.1 Å². The molecular formula is C14H17ClN2O. The molecule has 0 fully saturated rings. The predicted molar refractivity (Wildman–Crippen MR) is 76.3 cm³/mol. The number of nitrogens with one attached hydrogen (secondary N) is 1. The molecule has 18 heavy (non-hydrogen) atoms. The molecule has 0 saturated heterocycles. The summed E-state index contributed by atoms with van der Waals surface area (Å²) in [6, 6.07) is 7.81. The van der Waals surface area contributed by atoms with E-state index in [1.807, 2.05) is 24.3 Å². The summed E-state index contributed by atoms with van der Waals surface area (Å²) in [5.74, 6) is 0.456. The van der Waals surface area contributed by atoms with Crippen molar-refractivity contribution in [2.75, 3.05) is 25.6 Å². The van der Waals surface area contributed by atoms with E-state index in [1.165, 1.54) is 0 Å². The molecule has 4 heteroatoms. The highest BCUT2D eigenvalue weighted by atomic mass is 35.5. The number of methoxy groups -OCH3 is 1. The highest BCUT2D eigenvalue weighted by molar-refractivity contribution is 6.35. The van der Waals surface area contributed by atoms with Gasteiger partial charge in [0.2, 0.25) is 0 Å². The van der Waals surface area contributed by atoms with Crippen LogP contribution >= 0.6 is 11.6 Å². The molecule has 1 heterocycles. The number of benzene rings is 1. The van der Waals surface area contributed by atoms with Crippen LogP contribution in [0.1, 0.15) is 6.92 Å². The number of ether oxygens (including phenoxy) is 1. The van der Waals surface area contributed by atoms with Gasteiger partial charge in [-0.25, -0.2) is 0 Å². The Morgan fingerprint density at radius 1 is 1.39 bits per heavy atom. The van der Waals surface area contributed by atoms with Crippen LogP contribution in [0.25, 0.3) is 10.9 Å². The van der Waals surface area contributed by atoms with E-state index in [-0.39, 0.29) is 0 Å². The first-order chi connectivity index (χ1) is 8.72. The van der Waals surface area contributed by atoms with E-state index < -0.39 is 0 Å². The number of aromatic nitrogens is 1. The van der Waals surface area contributed by atoms with Crippen molar-refractivity contribution in [1.29, 1.82) is 0 Å². The number of hydrogen-bond donors (Lipinski definition) is 1. The van der Waals surface area contributed by atoms with Crippen LogP contribution in [0, 0.1) is 5.92 Å². The lowest BCUT2D eigenvalue weighted by Crippen LogP contribution is -2.15. The summed E-state index contributed by atoms with van der Waals surface area (Å²) in [6.07, 6.45) is 1.76. The molecule has 1 N–H and O–H groups in total. The number of rotatable bonds is 5. The molecule has 0 amide bonds. The lowest BCUT2D eigenvalue weighted by molar-refractivity contribution is 0.164. The highest BCUT2D eigenvalue weighted by Gasteiger charge is 2.06. The quantitative estimate of drug-likeness (QED) is 0.896. The number of fused-ring (bicyclic) bond motifs is 1. The Labute approximate surface area is 112 Å². The van der Waals surface area contributed by atoms with Gasteiger partial charge >= 0.3 is 0 Å². The second kappa shape index (κ2) is 6.03. The average Bonchev–Trinajstić information content (AvgIpc) is 2.39. The lowest BCUT2D eigenvalue weighted by atomic mass is 10.1. The summed E-state index contributed by atoms with van der Waals surface area (Å²) in [7, 11) is 1.72. The van der Waals surface area contributed by atoms with E-state index in [9.17, 15) is 0 Å². The van der Waals surface area contributed by atoms with Gasteiger partial charge in [-0.15, -0.1) is 0 Å². The first-order valence-electron chi connectivity index (χ1n) is 5.98. The molecule has 96 valence electrons.